The van der Waals surface area contributed by atoms with Crippen LogP contribution >= 0.6 is 0 Å². The molecule has 3 rings (SSSR count). The van der Waals surface area contributed by atoms with Crippen LogP contribution in [0.4, 0.5) is 11.4 Å². The van der Waals surface area contributed by atoms with E-state index in [0.717, 1.165) is 0 Å². The molecule has 30 heavy (non-hydrogen) atoms. The van der Waals surface area contributed by atoms with Crippen molar-refractivity contribution in [2.24, 2.45) is 0 Å². The summed E-state index contributed by atoms with van der Waals surface area (Å²) in [4.78, 5) is 40.4. The number of nitrogens with one attached hydrogen (secondary N) is 3. The van der Waals surface area contributed by atoms with E-state index in [1.165, 1.54) is 0 Å². The van der Waals surface area contributed by atoms with Crippen LogP contribution in [0.2, 0.25) is 0 Å². The molecule has 0 bridgehead atoms. The van der Waals surface area contributed by atoms with Crippen molar-refractivity contribution in [3.05, 3.63) is 78.4 Å². The summed E-state index contributed by atoms with van der Waals surface area (Å²) < 4.78 is 1.82. The van der Waals surface area contributed by atoms with Crippen LogP contribution in [0.25, 0.3) is 0 Å². The number of carbonyl (C=O) groups excluding carboxylic acids is 3. The molecule has 0 atom stereocenters. The topological polar surface area (TPSA) is 105 Å². The van der Waals surface area contributed by atoms with E-state index in [2.05, 4.69) is 20.9 Å². The highest BCUT2D eigenvalue weighted by atomic mass is 16.2. The number of hydrogen-bond acceptors (Lipinski definition) is 4. The molecule has 0 fully saturated rings. The molecular weight excluding hydrogens is 382 g/mol. The van der Waals surface area contributed by atoms with Gasteiger partial charge < -0.3 is 20.5 Å². The number of amides is 3. The van der Waals surface area contributed by atoms with Crippen LogP contribution in [-0.2, 0) is 11.3 Å². The molecule has 0 unspecified atom stereocenters. The van der Waals surface area contributed by atoms with Crippen LogP contribution < -0.4 is 16.0 Å². The fourth-order valence-electron chi connectivity index (χ4n) is 2.78. The van der Waals surface area contributed by atoms with Gasteiger partial charge in [-0.15, -0.1) is 0 Å². The van der Waals surface area contributed by atoms with Gasteiger partial charge in [-0.25, -0.2) is 4.98 Å². The number of carbonyl (C=O) groups is 3. The minimum Gasteiger partial charge on any atom is -0.352 e. The molecule has 8 nitrogen and oxygen atoms in total. The van der Waals surface area contributed by atoms with Gasteiger partial charge in [-0.2, -0.15) is 0 Å². The first kappa shape index (κ1) is 20.8. The van der Waals surface area contributed by atoms with E-state index in [0.29, 0.717) is 42.0 Å². The Balaban J connectivity index is 1.57. The molecule has 8 heteroatoms. The Labute approximate surface area is 174 Å². The van der Waals surface area contributed by atoms with Crippen molar-refractivity contribution < 1.29 is 14.4 Å². The van der Waals surface area contributed by atoms with E-state index in [1.54, 1.807) is 67.3 Å². The molecule has 0 aliphatic carbocycles. The van der Waals surface area contributed by atoms with Crippen molar-refractivity contribution in [1.82, 2.24) is 14.9 Å². The standard InChI is InChI=1S/C22H23N5O3/c1-2-24-21(29)16-6-8-18(9-7-16)26-22(30)17-4-3-5-19(14-17)25-20(28)10-12-27-13-11-23-15-27/h3-9,11,13-15H,2,10,12H2,1H3,(H,24,29)(H,25,28)(H,26,30). The largest absolute Gasteiger partial charge is 0.352 e. The van der Waals surface area contributed by atoms with Crippen molar-refractivity contribution in [1.29, 1.82) is 0 Å². The Morgan fingerprint density at radius 3 is 2.43 bits per heavy atom. The molecule has 0 radical (unpaired) electrons. The van der Waals surface area contributed by atoms with Gasteiger partial charge in [0, 0.05) is 54.4 Å². The van der Waals surface area contributed by atoms with Crippen LogP contribution in [0.5, 0.6) is 0 Å². The minimum absolute atomic E-state index is 0.151. The van der Waals surface area contributed by atoms with Gasteiger partial charge in [0.15, 0.2) is 0 Å². The highest BCUT2D eigenvalue weighted by Crippen LogP contribution is 2.15. The molecule has 3 N–H and O–H groups in total. The predicted octanol–water partition coefficient (Wildman–Crippen LogP) is 2.91. The number of aryl methyl sites for hydroxylation is 1. The summed E-state index contributed by atoms with van der Waals surface area (Å²) in [5.41, 5.74) is 2.05. The Kier molecular flexibility index (Phi) is 6.94. The molecule has 3 amide bonds. The Morgan fingerprint density at radius 1 is 0.933 bits per heavy atom. The molecule has 0 aliphatic rings. The second-order valence-electron chi connectivity index (χ2n) is 6.57. The van der Waals surface area contributed by atoms with Gasteiger partial charge in [0.2, 0.25) is 5.91 Å². The van der Waals surface area contributed by atoms with Crippen molar-refractivity contribution in [2.45, 2.75) is 19.9 Å². The van der Waals surface area contributed by atoms with E-state index in [1.807, 2.05) is 11.5 Å². The monoisotopic (exact) mass is 405 g/mol. The number of hydrogen-bond donors (Lipinski definition) is 3. The summed E-state index contributed by atoms with van der Waals surface area (Å²) in [6.45, 7) is 2.93. The highest BCUT2D eigenvalue weighted by Gasteiger charge is 2.10. The third-order valence-electron chi connectivity index (χ3n) is 4.31. The zero-order chi connectivity index (χ0) is 21.3. The number of anilines is 2. The number of aromatic nitrogens is 2. The first-order chi connectivity index (χ1) is 14.5. The van der Waals surface area contributed by atoms with Crippen molar-refractivity contribution in [3.8, 4) is 0 Å². The second-order valence-corrected chi connectivity index (χ2v) is 6.57. The quantitative estimate of drug-likeness (QED) is 0.536. The lowest BCUT2D eigenvalue weighted by atomic mass is 10.1. The Hall–Kier alpha value is -3.94. The normalized spacial score (nSPS) is 10.3. The average molecular weight is 405 g/mol. The van der Waals surface area contributed by atoms with Crippen molar-refractivity contribution >= 4 is 29.1 Å². The first-order valence-electron chi connectivity index (χ1n) is 9.60. The SMILES string of the molecule is CCNC(=O)c1ccc(NC(=O)c2cccc(NC(=O)CCn3ccnc3)c2)cc1. The summed E-state index contributed by atoms with van der Waals surface area (Å²) >= 11 is 0. The van der Waals surface area contributed by atoms with Crippen LogP contribution in [0, 0.1) is 0 Å². The van der Waals surface area contributed by atoms with Crippen LogP contribution in [0.15, 0.2) is 67.3 Å². The van der Waals surface area contributed by atoms with Crippen molar-refractivity contribution in [3.63, 3.8) is 0 Å². The molecule has 0 aliphatic heterocycles. The smallest absolute Gasteiger partial charge is 0.255 e. The van der Waals surface area contributed by atoms with Gasteiger partial charge in [-0.1, -0.05) is 6.07 Å². The van der Waals surface area contributed by atoms with Crippen LogP contribution in [0.3, 0.4) is 0 Å². The van der Waals surface area contributed by atoms with E-state index < -0.39 is 0 Å². The number of rotatable bonds is 8. The number of imidazole rings is 1. The first-order valence-corrected chi connectivity index (χ1v) is 9.60. The van der Waals surface area contributed by atoms with E-state index >= 15 is 0 Å². The number of nitrogens with zero attached hydrogens (tertiary/aromatic N) is 2. The van der Waals surface area contributed by atoms with E-state index in [-0.39, 0.29) is 17.7 Å². The lowest BCUT2D eigenvalue weighted by Crippen LogP contribution is -2.22. The molecular formula is C22H23N5O3. The molecule has 0 spiro atoms. The van der Waals surface area contributed by atoms with Gasteiger partial charge in [0.1, 0.15) is 0 Å². The lowest BCUT2D eigenvalue weighted by molar-refractivity contribution is -0.116. The minimum atomic E-state index is -0.310. The zero-order valence-electron chi connectivity index (χ0n) is 16.6. The molecule has 1 aromatic heterocycles. The molecule has 1 heterocycles. The summed E-state index contributed by atoms with van der Waals surface area (Å²) in [5.74, 6) is -0.621. The summed E-state index contributed by atoms with van der Waals surface area (Å²) in [5, 5.41) is 8.31. The zero-order valence-corrected chi connectivity index (χ0v) is 16.6. The molecule has 2 aromatic carbocycles. The maximum atomic E-state index is 12.5. The van der Waals surface area contributed by atoms with E-state index in [4.69, 9.17) is 0 Å². The molecule has 0 saturated carbocycles. The van der Waals surface area contributed by atoms with Gasteiger partial charge in [-0.05, 0) is 49.4 Å². The third-order valence-corrected chi connectivity index (χ3v) is 4.31. The fourth-order valence-corrected chi connectivity index (χ4v) is 2.78. The predicted molar refractivity (Wildman–Crippen MR) is 114 cm³/mol. The number of benzene rings is 2. The fraction of sp³-hybridized carbons (Fsp3) is 0.182. The molecule has 0 saturated heterocycles. The Bertz CT molecular complexity index is 1010. The second kappa shape index (κ2) is 10.0. The van der Waals surface area contributed by atoms with Crippen LogP contribution in [0.1, 0.15) is 34.1 Å². The maximum absolute atomic E-state index is 12.5. The van der Waals surface area contributed by atoms with E-state index in [9.17, 15) is 14.4 Å². The van der Waals surface area contributed by atoms with Gasteiger partial charge in [0.05, 0.1) is 6.33 Å². The van der Waals surface area contributed by atoms with Gasteiger partial charge in [0.25, 0.3) is 11.8 Å². The third kappa shape index (κ3) is 5.78. The average Bonchev–Trinajstić information content (AvgIpc) is 3.27. The lowest BCUT2D eigenvalue weighted by Gasteiger charge is -2.09. The molecule has 3 aromatic rings. The summed E-state index contributed by atoms with van der Waals surface area (Å²) in [7, 11) is 0. The van der Waals surface area contributed by atoms with Crippen LogP contribution in [-0.4, -0.2) is 33.8 Å². The summed E-state index contributed by atoms with van der Waals surface area (Å²) in [6.07, 6.45) is 5.40. The molecule has 154 valence electrons. The summed E-state index contributed by atoms with van der Waals surface area (Å²) in [6, 6.07) is 13.4. The van der Waals surface area contributed by atoms with Crippen molar-refractivity contribution in [2.75, 3.05) is 17.2 Å². The van der Waals surface area contributed by atoms with Gasteiger partial charge >= 0.3 is 0 Å². The Morgan fingerprint density at radius 2 is 1.73 bits per heavy atom. The van der Waals surface area contributed by atoms with Gasteiger partial charge in [-0.3, -0.25) is 14.4 Å². The maximum Gasteiger partial charge on any atom is 0.255 e. The highest BCUT2D eigenvalue weighted by molar-refractivity contribution is 6.05.